The van der Waals surface area contributed by atoms with Crippen molar-refractivity contribution in [1.29, 1.82) is 0 Å². The first-order chi connectivity index (χ1) is 17.7. The van der Waals surface area contributed by atoms with Crippen molar-refractivity contribution in [2.75, 3.05) is 0 Å². The number of aryl methyl sites for hydroxylation is 4. The second kappa shape index (κ2) is 8.42. The van der Waals surface area contributed by atoms with E-state index in [0.717, 1.165) is 22.3 Å². The van der Waals surface area contributed by atoms with E-state index < -0.39 is 9.84 Å². The van der Waals surface area contributed by atoms with Gasteiger partial charge in [0.15, 0.2) is 11.2 Å². The molecule has 6 aromatic rings. The maximum atomic E-state index is 13.5. The largest absolute Gasteiger partial charge is 0.436 e. The molecule has 0 atom stereocenters. The lowest BCUT2D eigenvalue weighted by atomic mass is 10.1. The summed E-state index contributed by atoms with van der Waals surface area (Å²) in [5, 5.41) is 0. The van der Waals surface area contributed by atoms with Gasteiger partial charge in [-0.1, -0.05) is 12.1 Å². The van der Waals surface area contributed by atoms with Gasteiger partial charge in [0.05, 0.1) is 9.79 Å². The summed E-state index contributed by atoms with van der Waals surface area (Å²) in [4.78, 5) is 9.40. The minimum Gasteiger partial charge on any atom is -0.436 e. The second-order valence-corrected chi connectivity index (χ2v) is 11.3. The number of hydrogen-bond donors (Lipinski definition) is 0. The highest BCUT2D eigenvalue weighted by molar-refractivity contribution is 7.91. The van der Waals surface area contributed by atoms with Gasteiger partial charge < -0.3 is 8.83 Å². The van der Waals surface area contributed by atoms with Crippen LogP contribution < -0.4 is 0 Å². The first kappa shape index (κ1) is 23.2. The van der Waals surface area contributed by atoms with E-state index >= 15 is 0 Å². The fraction of sp³-hybridized carbons (Fsp3) is 0.133. The van der Waals surface area contributed by atoms with Crippen LogP contribution in [0, 0.1) is 27.7 Å². The van der Waals surface area contributed by atoms with Gasteiger partial charge in [-0.3, -0.25) is 0 Å². The van der Waals surface area contributed by atoms with Crippen molar-refractivity contribution in [3.63, 3.8) is 0 Å². The Hall–Kier alpha value is -4.23. The molecule has 0 N–H and O–H groups in total. The van der Waals surface area contributed by atoms with Crippen LogP contribution in [0.25, 0.3) is 45.1 Å². The number of benzene rings is 4. The van der Waals surface area contributed by atoms with Crippen LogP contribution in [-0.4, -0.2) is 18.4 Å². The molecule has 0 saturated carbocycles. The summed E-state index contributed by atoms with van der Waals surface area (Å²) in [6, 6.07) is 21.4. The minimum absolute atomic E-state index is 0.136. The smallest absolute Gasteiger partial charge is 0.227 e. The average molecular weight is 509 g/mol. The molecule has 0 amide bonds. The Balaban J connectivity index is 1.37. The van der Waals surface area contributed by atoms with E-state index in [1.165, 1.54) is 11.1 Å². The normalized spacial score (nSPS) is 12.0. The molecule has 2 heterocycles. The fourth-order valence-corrected chi connectivity index (χ4v) is 5.58. The molecule has 37 heavy (non-hydrogen) atoms. The van der Waals surface area contributed by atoms with E-state index in [2.05, 4.69) is 9.97 Å². The maximum absolute atomic E-state index is 13.5. The fourth-order valence-electron chi connectivity index (χ4n) is 4.28. The summed E-state index contributed by atoms with van der Waals surface area (Å²) in [5.41, 5.74) is 8.33. The quantitative estimate of drug-likeness (QED) is 0.247. The first-order valence-corrected chi connectivity index (χ1v) is 13.4. The number of rotatable bonds is 4. The van der Waals surface area contributed by atoms with Gasteiger partial charge in [-0.25, -0.2) is 18.4 Å². The molecule has 0 radical (unpaired) electrons. The third-order valence-corrected chi connectivity index (χ3v) is 8.60. The zero-order chi connectivity index (χ0) is 25.9. The molecule has 2 aromatic heterocycles. The van der Waals surface area contributed by atoms with Gasteiger partial charge in [-0.2, -0.15) is 0 Å². The van der Waals surface area contributed by atoms with Crippen LogP contribution in [0.4, 0.5) is 0 Å². The predicted molar refractivity (Wildman–Crippen MR) is 143 cm³/mol. The molecular weight excluding hydrogens is 484 g/mol. The Morgan fingerprint density at radius 3 is 1.38 bits per heavy atom. The average Bonchev–Trinajstić information content (AvgIpc) is 3.50. The summed E-state index contributed by atoms with van der Waals surface area (Å²) in [5.74, 6) is 0.908. The molecule has 7 heteroatoms. The highest BCUT2D eigenvalue weighted by Crippen LogP contribution is 2.32. The van der Waals surface area contributed by atoms with Crippen molar-refractivity contribution >= 4 is 32.0 Å². The van der Waals surface area contributed by atoms with Crippen LogP contribution in [-0.2, 0) is 9.84 Å². The lowest BCUT2D eigenvalue weighted by molar-refractivity contribution is 0.596. The van der Waals surface area contributed by atoms with Gasteiger partial charge in [0.25, 0.3) is 0 Å². The van der Waals surface area contributed by atoms with Gasteiger partial charge in [-0.15, -0.1) is 0 Å². The standard InChI is InChI=1S/C30H24N2O4S/c1-17-5-7-21(13-19(17)3)29-31-25-15-23(9-11-27(25)35-29)37(33,34)24-10-12-28-26(16-24)32-30(36-28)22-8-6-18(2)20(4)14-22/h5-16H,1-4H3. The van der Waals surface area contributed by atoms with Crippen LogP contribution >= 0.6 is 0 Å². The Morgan fingerprint density at radius 2 is 0.973 bits per heavy atom. The van der Waals surface area contributed by atoms with Crippen LogP contribution in [0.1, 0.15) is 22.3 Å². The van der Waals surface area contributed by atoms with Gasteiger partial charge >= 0.3 is 0 Å². The van der Waals surface area contributed by atoms with Crippen molar-refractivity contribution < 1.29 is 17.3 Å². The van der Waals surface area contributed by atoms with Crippen molar-refractivity contribution in [3.05, 3.63) is 95.1 Å². The molecular formula is C30H24N2O4S. The van der Waals surface area contributed by atoms with Crippen molar-refractivity contribution in [3.8, 4) is 22.9 Å². The predicted octanol–water partition coefficient (Wildman–Crippen LogP) is 7.37. The zero-order valence-electron chi connectivity index (χ0n) is 20.9. The summed E-state index contributed by atoms with van der Waals surface area (Å²) in [6.07, 6.45) is 0. The Labute approximate surface area is 214 Å². The van der Waals surface area contributed by atoms with Crippen molar-refractivity contribution in [2.24, 2.45) is 0 Å². The molecule has 6 nitrogen and oxygen atoms in total. The van der Waals surface area contributed by atoms with Gasteiger partial charge in [0.1, 0.15) is 11.0 Å². The second-order valence-electron chi connectivity index (χ2n) is 9.40. The maximum Gasteiger partial charge on any atom is 0.227 e. The Kier molecular flexibility index (Phi) is 5.28. The molecule has 0 saturated heterocycles. The van der Waals surface area contributed by atoms with Gasteiger partial charge in [-0.05, 0) is 111 Å². The summed E-state index contributed by atoms with van der Waals surface area (Å²) in [7, 11) is -3.82. The van der Waals surface area contributed by atoms with Gasteiger partial charge in [0, 0.05) is 11.1 Å². The van der Waals surface area contributed by atoms with Crippen molar-refractivity contribution in [2.45, 2.75) is 37.5 Å². The van der Waals surface area contributed by atoms with Crippen molar-refractivity contribution in [1.82, 2.24) is 9.97 Å². The first-order valence-electron chi connectivity index (χ1n) is 11.9. The van der Waals surface area contributed by atoms with E-state index in [4.69, 9.17) is 8.83 Å². The molecule has 0 aliphatic heterocycles. The highest BCUT2D eigenvalue weighted by Gasteiger charge is 2.21. The molecule has 184 valence electrons. The van der Waals surface area contributed by atoms with E-state index in [0.29, 0.717) is 34.0 Å². The van der Waals surface area contributed by atoms with E-state index in [1.54, 1.807) is 36.4 Å². The number of oxazole rings is 2. The molecule has 0 aliphatic rings. The van der Waals surface area contributed by atoms with E-state index in [-0.39, 0.29) is 9.79 Å². The molecule has 0 bridgehead atoms. The van der Waals surface area contributed by atoms with Crippen LogP contribution in [0.15, 0.2) is 91.4 Å². The monoisotopic (exact) mass is 508 g/mol. The number of sulfone groups is 1. The molecule has 6 rings (SSSR count). The lowest BCUT2D eigenvalue weighted by Crippen LogP contribution is -2.01. The Bertz CT molecular complexity index is 1810. The van der Waals surface area contributed by atoms with Crippen LogP contribution in [0.2, 0.25) is 0 Å². The summed E-state index contributed by atoms with van der Waals surface area (Å²) >= 11 is 0. The molecule has 4 aromatic carbocycles. The number of fused-ring (bicyclic) bond motifs is 2. The van der Waals surface area contributed by atoms with Crippen LogP contribution in [0.5, 0.6) is 0 Å². The minimum atomic E-state index is -3.82. The number of hydrogen-bond acceptors (Lipinski definition) is 6. The molecule has 0 fully saturated rings. The van der Waals surface area contributed by atoms with Crippen LogP contribution in [0.3, 0.4) is 0 Å². The Morgan fingerprint density at radius 1 is 0.541 bits per heavy atom. The highest BCUT2D eigenvalue weighted by atomic mass is 32.2. The zero-order valence-corrected chi connectivity index (χ0v) is 21.7. The summed E-state index contributed by atoms with van der Waals surface area (Å²) < 4.78 is 38.9. The lowest BCUT2D eigenvalue weighted by Gasteiger charge is -2.04. The SMILES string of the molecule is Cc1ccc(-c2nc3cc(S(=O)(=O)c4ccc5oc(-c6ccc(C)c(C)c6)nc5c4)ccc3o2)cc1C. The van der Waals surface area contributed by atoms with E-state index in [9.17, 15) is 8.42 Å². The third-order valence-electron chi connectivity index (χ3n) is 6.85. The molecule has 0 spiro atoms. The van der Waals surface area contributed by atoms with E-state index in [1.807, 2.05) is 64.1 Å². The summed E-state index contributed by atoms with van der Waals surface area (Å²) in [6.45, 7) is 8.15. The number of aromatic nitrogens is 2. The third kappa shape index (κ3) is 4.01. The molecule has 0 aliphatic carbocycles. The molecule has 0 unspecified atom stereocenters. The number of nitrogens with zero attached hydrogens (tertiary/aromatic N) is 2. The topological polar surface area (TPSA) is 86.2 Å². The van der Waals surface area contributed by atoms with Gasteiger partial charge in [0.2, 0.25) is 21.6 Å².